The fourth-order valence-corrected chi connectivity index (χ4v) is 1.81. The summed E-state index contributed by atoms with van der Waals surface area (Å²) in [6.07, 6.45) is 0. The first kappa shape index (κ1) is 15.2. The molecule has 0 unspecified atom stereocenters. The van der Waals surface area contributed by atoms with Crippen LogP contribution in [0.5, 0.6) is 11.6 Å². The van der Waals surface area contributed by atoms with E-state index in [1.165, 1.54) is 0 Å². The number of rotatable bonds is 6. The molecule has 0 aliphatic carbocycles. The fourth-order valence-electron chi connectivity index (χ4n) is 1.81. The van der Waals surface area contributed by atoms with E-state index in [0.29, 0.717) is 29.9 Å². The Morgan fingerprint density at radius 2 is 2.05 bits per heavy atom. The molecule has 21 heavy (non-hydrogen) atoms. The topological polar surface area (TPSA) is 82.3 Å². The number of benzene rings is 1. The third-order valence-electron chi connectivity index (χ3n) is 2.82. The summed E-state index contributed by atoms with van der Waals surface area (Å²) in [5.41, 5.74) is 3.56. The van der Waals surface area contributed by atoms with Crippen LogP contribution in [0.25, 0.3) is 0 Å². The van der Waals surface area contributed by atoms with Crippen molar-refractivity contribution in [2.24, 2.45) is 5.84 Å². The number of aromatic nitrogens is 2. The van der Waals surface area contributed by atoms with Crippen molar-refractivity contribution in [3.63, 3.8) is 0 Å². The smallest absolute Gasteiger partial charge is 0.224 e. The highest BCUT2D eigenvalue weighted by Gasteiger charge is 2.09. The van der Waals surface area contributed by atoms with E-state index in [-0.39, 0.29) is 5.92 Å². The zero-order chi connectivity index (χ0) is 15.2. The minimum absolute atomic E-state index is 0.181. The van der Waals surface area contributed by atoms with Gasteiger partial charge in [0.1, 0.15) is 17.4 Å². The van der Waals surface area contributed by atoms with Gasteiger partial charge in [-0.2, -0.15) is 4.98 Å². The molecule has 3 N–H and O–H groups in total. The van der Waals surface area contributed by atoms with Crippen LogP contribution in [0.1, 0.15) is 31.2 Å². The Morgan fingerprint density at radius 3 is 2.71 bits per heavy atom. The van der Waals surface area contributed by atoms with Crippen LogP contribution in [0.4, 0.5) is 5.82 Å². The van der Waals surface area contributed by atoms with E-state index in [1.54, 1.807) is 13.2 Å². The normalized spacial score (nSPS) is 10.7. The van der Waals surface area contributed by atoms with Crippen LogP contribution >= 0.6 is 0 Å². The summed E-state index contributed by atoms with van der Waals surface area (Å²) in [7, 11) is 1.66. The maximum Gasteiger partial charge on any atom is 0.224 e. The predicted octanol–water partition coefficient (Wildman–Crippen LogP) is 2.82. The molecule has 1 aromatic heterocycles. The molecule has 6 heteroatoms. The molecular formula is C15H20N4O2. The molecule has 0 atom stereocenters. The van der Waals surface area contributed by atoms with Crippen molar-refractivity contribution < 1.29 is 9.47 Å². The Morgan fingerprint density at radius 1 is 1.24 bits per heavy atom. The molecule has 0 bridgehead atoms. The molecule has 2 rings (SSSR count). The zero-order valence-corrected chi connectivity index (χ0v) is 12.5. The summed E-state index contributed by atoms with van der Waals surface area (Å²) in [6, 6.07) is 9.33. The van der Waals surface area contributed by atoms with Crippen LogP contribution in [-0.2, 0) is 11.3 Å². The highest BCUT2D eigenvalue weighted by molar-refractivity contribution is 5.39. The van der Waals surface area contributed by atoms with Gasteiger partial charge < -0.3 is 14.9 Å². The van der Waals surface area contributed by atoms with Crippen molar-refractivity contribution in [1.29, 1.82) is 0 Å². The molecule has 0 saturated carbocycles. The van der Waals surface area contributed by atoms with Crippen LogP contribution < -0.4 is 16.0 Å². The monoisotopic (exact) mass is 288 g/mol. The van der Waals surface area contributed by atoms with Gasteiger partial charge in [0.05, 0.1) is 6.61 Å². The average molecular weight is 288 g/mol. The molecule has 0 fully saturated rings. The van der Waals surface area contributed by atoms with Gasteiger partial charge in [-0.1, -0.05) is 26.0 Å². The Hall–Kier alpha value is -2.18. The average Bonchev–Trinajstić information content (AvgIpc) is 2.47. The zero-order valence-electron chi connectivity index (χ0n) is 12.5. The van der Waals surface area contributed by atoms with E-state index in [9.17, 15) is 0 Å². The largest absolute Gasteiger partial charge is 0.439 e. The quantitative estimate of drug-likeness (QED) is 0.628. The number of anilines is 1. The number of nitrogens with one attached hydrogen (secondary N) is 1. The number of nitrogens with zero attached hydrogens (tertiary/aromatic N) is 2. The third kappa shape index (κ3) is 4.14. The lowest BCUT2D eigenvalue weighted by molar-refractivity contribution is 0.184. The molecule has 112 valence electrons. The Labute approximate surface area is 124 Å². The Bertz CT molecular complexity index is 602. The minimum atomic E-state index is 0.181. The summed E-state index contributed by atoms with van der Waals surface area (Å²) >= 11 is 0. The van der Waals surface area contributed by atoms with Gasteiger partial charge >= 0.3 is 0 Å². The molecule has 0 aliphatic heterocycles. The van der Waals surface area contributed by atoms with Gasteiger partial charge in [-0.05, 0) is 17.7 Å². The SMILES string of the molecule is COCc1cccc(Oc2cc(NN)nc(C(C)C)n2)c1. The van der Waals surface area contributed by atoms with Gasteiger partial charge in [-0.15, -0.1) is 0 Å². The van der Waals surface area contributed by atoms with Crippen molar-refractivity contribution in [3.05, 3.63) is 41.7 Å². The van der Waals surface area contributed by atoms with Gasteiger partial charge in [0.15, 0.2) is 0 Å². The number of hydrazine groups is 1. The van der Waals surface area contributed by atoms with Gasteiger partial charge in [0.2, 0.25) is 5.88 Å². The second-order valence-corrected chi connectivity index (χ2v) is 4.93. The second-order valence-electron chi connectivity index (χ2n) is 4.93. The second kappa shape index (κ2) is 7.01. The highest BCUT2D eigenvalue weighted by atomic mass is 16.5. The van der Waals surface area contributed by atoms with Crippen LogP contribution in [0, 0.1) is 0 Å². The summed E-state index contributed by atoms with van der Waals surface area (Å²) < 4.78 is 10.9. The molecular weight excluding hydrogens is 268 g/mol. The maximum atomic E-state index is 5.80. The summed E-state index contributed by atoms with van der Waals surface area (Å²) in [5.74, 6) is 7.96. The molecule has 1 aromatic carbocycles. The lowest BCUT2D eigenvalue weighted by Gasteiger charge is -2.11. The Kier molecular flexibility index (Phi) is 5.08. The predicted molar refractivity (Wildman–Crippen MR) is 81.2 cm³/mol. The standard InChI is InChI=1S/C15H20N4O2/c1-10(2)15-17-13(19-16)8-14(18-15)21-12-6-4-5-11(7-12)9-20-3/h4-8,10H,9,16H2,1-3H3,(H,17,18,19). The first-order valence-corrected chi connectivity index (χ1v) is 6.73. The van der Waals surface area contributed by atoms with Crippen molar-refractivity contribution in [2.75, 3.05) is 12.5 Å². The molecule has 0 saturated heterocycles. The van der Waals surface area contributed by atoms with E-state index < -0.39 is 0 Å². The van der Waals surface area contributed by atoms with E-state index >= 15 is 0 Å². The summed E-state index contributed by atoms with van der Waals surface area (Å²) in [4.78, 5) is 8.68. The van der Waals surface area contributed by atoms with Crippen molar-refractivity contribution >= 4 is 5.82 Å². The van der Waals surface area contributed by atoms with E-state index in [2.05, 4.69) is 15.4 Å². The molecule has 0 radical (unpaired) electrons. The lowest BCUT2D eigenvalue weighted by Crippen LogP contribution is -2.11. The number of methoxy groups -OCH3 is 1. The van der Waals surface area contributed by atoms with E-state index in [1.807, 2.05) is 38.1 Å². The van der Waals surface area contributed by atoms with Crippen LogP contribution in [0.15, 0.2) is 30.3 Å². The van der Waals surface area contributed by atoms with Crippen molar-refractivity contribution in [1.82, 2.24) is 9.97 Å². The number of nitrogens with two attached hydrogens (primary N) is 1. The first-order chi connectivity index (χ1) is 10.1. The number of ether oxygens (including phenoxy) is 2. The molecule has 6 nitrogen and oxygen atoms in total. The first-order valence-electron chi connectivity index (χ1n) is 6.73. The third-order valence-corrected chi connectivity index (χ3v) is 2.82. The fraction of sp³-hybridized carbons (Fsp3) is 0.333. The van der Waals surface area contributed by atoms with Gasteiger partial charge in [-0.25, -0.2) is 10.8 Å². The molecule has 1 heterocycles. The number of hydrogen-bond acceptors (Lipinski definition) is 6. The van der Waals surface area contributed by atoms with Gasteiger partial charge in [0.25, 0.3) is 0 Å². The minimum Gasteiger partial charge on any atom is -0.439 e. The molecule has 2 aromatic rings. The highest BCUT2D eigenvalue weighted by Crippen LogP contribution is 2.24. The van der Waals surface area contributed by atoms with Crippen LogP contribution in [0.2, 0.25) is 0 Å². The van der Waals surface area contributed by atoms with E-state index in [4.69, 9.17) is 15.3 Å². The van der Waals surface area contributed by atoms with Crippen molar-refractivity contribution in [3.8, 4) is 11.6 Å². The molecule has 0 amide bonds. The Balaban J connectivity index is 2.26. The van der Waals surface area contributed by atoms with Crippen molar-refractivity contribution in [2.45, 2.75) is 26.4 Å². The van der Waals surface area contributed by atoms with Crippen LogP contribution in [-0.4, -0.2) is 17.1 Å². The lowest BCUT2D eigenvalue weighted by atomic mass is 10.2. The van der Waals surface area contributed by atoms with Crippen LogP contribution in [0.3, 0.4) is 0 Å². The summed E-state index contributed by atoms with van der Waals surface area (Å²) in [6.45, 7) is 4.56. The molecule has 0 spiro atoms. The van der Waals surface area contributed by atoms with Gasteiger partial charge in [-0.3, -0.25) is 0 Å². The maximum absolute atomic E-state index is 5.80. The summed E-state index contributed by atoms with van der Waals surface area (Å²) in [5, 5.41) is 0. The number of nitrogen functional groups attached to an aromatic ring is 1. The van der Waals surface area contributed by atoms with Gasteiger partial charge in [0, 0.05) is 19.1 Å². The molecule has 0 aliphatic rings. The number of hydrogen-bond donors (Lipinski definition) is 2. The van der Waals surface area contributed by atoms with E-state index in [0.717, 1.165) is 5.56 Å².